The van der Waals surface area contributed by atoms with Crippen LogP contribution in [0.15, 0.2) is 45.7 Å². The van der Waals surface area contributed by atoms with Crippen molar-refractivity contribution >= 4 is 52.3 Å². The average Bonchev–Trinajstić information content (AvgIpc) is 3.27. The summed E-state index contributed by atoms with van der Waals surface area (Å²) in [4.78, 5) is 37.3. The van der Waals surface area contributed by atoms with Crippen LogP contribution in [0.3, 0.4) is 0 Å². The Balaban J connectivity index is 1.62. The molecular formula is C22H22N2O6S2. The molecule has 2 N–H and O–H groups in total. The van der Waals surface area contributed by atoms with Crippen LogP contribution >= 0.6 is 24.0 Å². The summed E-state index contributed by atoms with van der Waals surface area (Å²) in [7, 11) is 0. The van der Waals surface area contributed by atoms with Crippen molar-refractivity contribution in [3.8, 4) is 11.3 Å². The van der Waals surface area contributed by atoms with Gasteiger partial charge in [-0.25, -0.2) is 9.59 Å². The van der Waals surface area contributed by atoms with Crippen molar-refractivity contribution in [2.24, 2.45) is 0 Å². The van der Waals surface area contributed by atoms with Crippen molar-refractivity contribution in [2.75, 3.05) is 13.1 Å². The maximum atomic E-state index is 12.7. The predicted molar refractivity (Wildman–Crippen MR) is 125 cm³/mol. The standard InChI is InChI=1S/C22H22N2O6S2/c1-22(2,3)30-20(28)23-10-11-24-18(25)17(32-21(24)31)12-15-8-9-16(29-15)13-4-6-14(7-5-13)19(26)27/h4-9,12H,10-11H2,1-3H3,(H,23,28)(H,26,27)/b17-12-. The molecule has 0 atom stereocenters. The van der Waals surface area contributed by atoms with E-state index in [1.165, 1.54) is 17.0 Å². The van der Waals surface area contributed by atoms with Gasteiger partial charge in [-0.05, 0) is 45.0 Å². The van der Waals surface area contributed by atoms with Crippen LogP contribution in [0.5, 0.6) is 0 Å². The molecule has 1 fully saturated rings. The highest BCUT2D eigenvalue weighted by Gasteiger charge is 2.32. The summed E-state index contributed by atoms with van der Waals surface area (Å²) in [5, 5.41) is 11.6. The average molecular weight is 475 g/mol. The van der Waals surface area contributed by atoms with Crippen LogP contribution in [0.2, 0.25) is 0 Å². The van der Waals surface area contributed by atoms with E-state index in [9.17, 15) is 14.4 Å². The minimum atomic E-state index is -1.000. The summed E-state index contributed by atoms with van der Waals surface area (Å²) >= 11 is 6.45. The van der Waals surface area contributed by atoms with Crippen LogP contribution in [-0.2, 0) is 9.53 Å². The summed E-state index contributed by atoms with van der Waals surface area (Å²) in [6, 6.07) is 9.77. The van der Waals surface area contributed by atoms with Crippen LogP contribution in [0, 0.1) is 0 Å². The van der Waals surface area contributed by atoms with Gasteiger partial charge in [0.1, 0.15) is 21.4 Å². The Labute approximate surface area is 194 Å². The van der Waals surface area contributed by atoms with Crippen LogP contribution in [-0.4, -0.2) is 51.0 Å². The molecule has 0 aliphatic carbocycles. The highest BCUT2D eigenvalue weighted by molar-refractivity contribution is 8.26. The van der Waals surface area contributed by atoms with Crippen LogP contribution in [0.1, 0.15) is 36.9 Å². The number of thioether (sulfide) groups is 1. The summed E-state index contributed by atoms with van der Waals surface area (Å²) in [6.45, 7) is 5.73. The second-order valence-electron chi connectivity index (χ2n) is 7.85. The number of hydrogen-bond acceptors (Lipinski definition) is 7. The van der Waals surface area contributed by atoms with Gasteiger partial charge in [0.15, 0.2) is 0 Å². The van der Waals surface area contributed by atoms with Crippen LogP contribution < -0.4 is 5.32 Å². The number of nitrogens with one attached hydrogen (secondary N) is 1. The highest BCUT2D eigenvalue weighted by atomic mass is 32.2. The van der Waals surface area contributed by atoms with Gasteiger partial charge in [0.25, 0.3) is 5.91 Å². The van der Waals surface area contributed by atoms with Gasteiger partial charge in [-0.15, -0.1) is 0 Å². The highest BCUT2D eigenvalue weighted by Crippen LogP contribution is 2.33. The number of ether oxygens (including phenoxy) is 1. The quantitative estimate of drug-likeness (QED) is 0.469. The van der Waals surface area contributed by atoms with Gasteiger partial charge in [-0.3, -0.25) is 9.69 Å². The first kappa shape index (κ1) is 23.6. The van der Waals surface area contributed by atoms with Gasteiger partial charge in [0.2, 0.25) is 0 Å². The van der Waals surface area contributed by atoms with Crippen molar-refractivity contribution in [1.82, 2.24) is 10.2 Å². The fraction of sp³-hybridized carbons (Fsp3) is 0.273. The zero-order valence-corrected chi connectivity index (χ0v) is 19.3. The lowest BCUT2D eigenvalue weighted by Gasteiger charge is -2.20. The number of benzene rings is 1. The Morgan fingerprint density at radius 3 is 2.53 bits per heavy atom. The molecule has 1 saturated heterocycles. The maximum absolute atomic E-state index is 12.7. The fourth-order valence-electron chi connectivity index (χ4n) is 2.77. The van der Waals surface area contributed by atoms with Gasteiger partial charge in [0, 0.05) is 24.7 Å². The third kappa shape index (κ3) is 5.98. The first-order valence-corrected chi connectivity index (χ1v) is 10.9. The van der Waals surface area contributed by atoms with E-state index in [1.807, 2.05) is 0 Å². The molecule has 10 heteroatoms. The minimum Gasteiger partial charge on any atom is -0.478 e. The summed E-state index contributed by atoms with van der Waals surface area (Å²) < 4.78 is 11.3. The molecule has 0 spiro atoms. The smallest absolute Gasteiger partial charge is 0.407 e. The van der Waals surface area contributed by atoms with Crippen LogP contribution in [0.4, 0.5) is 4.79 Å². The van der Waals surface area contributed by atoms with Crippen molar-refractivity contribution in [2.45, 2.75) is 26.4 Å². The molecule has 2 heterocycles. The lowest BCUT2D eigenvalue weighted by Crippen LogP contribution is -2.39. The molecule has 1 aliphatic rings. The van der Waals surface area contributed by atoms with E-state index in [1.54, 1.807) is 51.1 Å². The largest absolute Gasteiger partial charge is 0.478 e. The number of carbonyl (C=O) groups excluding carboxylic acids is 2. The minimum absolute atomic E-state index is 0.186. The first-order chi connectivity index (χ1) is 15.0. The molecular weight excluding hydrogens is 452 g/mol. The van der Waals surface area contributed by atoms with Gasteiger partial charge >= 0.3 is 12.1 Å². The first-order valence-electron chi connectivity index (χ1n) is 9.69. The number of hydrogen-bond donors (Lipinski definition) is 2. The zero-order chi connectivity index (χ0) is 23.5. The molecule has 1 aliphatic heterocycles. The lowest BCUT2D eigenvalue weighted by molar-refractivity contribution is -0.122. The Hall–Kier alpha value is -3.11. The molecule has 2 aromatic rings. The number of carboxylic acid groups (broad SMARTS) is 1. The normalized spacial score (nSPS) is 15.3. The zero-order valence-electron chi connectivity index (χ0n) is 17.7. The molecule has 3 rings (SSSR count). The number of aromatic carboxylic acids is 1. The van der Waals surface area contributed by atoms with Gasteiger partial charge < -0.3 is 19.6 Å². The molecule has 0 bridgehead atoms. The Bertz CT molecular complexity index is 1080. The SMILES string of the molecule is CC(C)(C)OC(=O)NCCN1C(=O)/C(=C/c2ccc(-c3ccc(C(=O)O)cc3)o2)SC1=S. The predicted octanol–water partition coefficient (Wildman–Crippen LogP) is 4.37. The summed E-state index contributed by atoms with van der Waals surface area (Å²) in [6.07, 6.45) is 1.05. The van der Waals surface area contributed by atoms with Crippen molar-refractivity contribution in [3.63, 3.8) is 0 Å². The van der Waals surface area contributed by atoms with Crippen molar-refractivity contribution in [3.05, 3.63) is 52.6 Å². The molecule has 1 aromatic carbocycles. The monoisotopic (exact) mass is 474 g/mol. The number of carboxylic acids is 1. The molecule has 168 valence electrons. The molecule has 1 aromatic heterocycles. The molecule has 0 unspecified atom stereocenters. The van der Waals surface area contributed by atoms with Crippen molar-refractivity contribution < 1.29 is 28.6 Å². The molecule has 0 radical (unpaired) electrons. The maximum Gasteiger partial charge on any atom is 0.407 e. The Kier molecular flexibility index (Phi) is 7.05. The van der Waals surface area contributed by atoms with E-state index >= 15 is 0 Å². The topological polar surface area (TPSA) is 109 Å². The fourth-order valence-corrected chi connectivity index (χ4v) is 4.06. The van der Waals surface area contributed by atoms with Crippen LogP contribution in [0.25, 0.3) is 17.4 Å². The van der Waals surface area contributed by atoms with E-state index in [0.29, 0.717) is 20.7 Å². The third-order valence-corrected chi connectivity index (χ3v) is 5.57. The summed E-state index contributed by atoms with van der Waals surface area (Å²) in [5.41, 5.74) is 0.301. The van der Waals surface area contributed by atoms with Gasteiger partial charge in [-0.1, -0.05) is 36.1 Å². The number of rotatable bonds is 6. The number of alkyl carbamates (subject to hydrolysis) is 1. The van der Waals surface area contributed by atoms with E-state index in [4.69, 9.17) is 26.5 Å². The third-order valence-electron chi connectivity index (χ3n) is 4.19. The number of amides is 2. The Morgan fingerprint density at radius 2 is 1.91 bits per heavy atom. The van der Waals surface area contributed by atoms with Gasteiger partial charge in [-0.2, -0.15) is 0 Å². The van der Waals surface area contributed by atoms with E-state index in [0.717, 1.165) is 17.3 Å². The number of thiocarbonyl (C=S) groups is 1. The molecule has 0 saturated carbocycles. The number of furan rings is 1. The second-order valence-corrected chi connectivity index (χ2v) is 9.52. The van der Waals surface area contributed by atoms with Crippen molar-refractivity contribution in [1.29, 1.82) is 0 Å². The van der Waals surface area contributed by atoms with Gasteiger partial charge in [0.05, 0.1) is 10.5 Å². The number of nitrogens with zero attached hydrogens (tertiary/aromatic N) is 1. The number of carbonyl (C=O) groups is 3. The molecule has 2 amide bonds. The summed E-state index contributed by atoms with van der Waals surface area (Å²) in [5.74, 6) is -0.255. The Morgan fingerprint density at radius 1 is 1.22 bits per heavy atom. The van der Waals surface area contributed by atoms with E-state index in [2.05, 4.69) is 5.32 Å². The van der Waals surface area contributed by atoms with E-state index < -0.39 is 17.7 Å². The molecule has 32 heavy (non-hydrogen) atoms. The molecule has 8 nitrogen and oxygen atoms in total. The van der Waals surface area contributed by atoms with E-state index in [-0.39, 0.29) is 24.6 Å². The lowest BCUT2D eigenvalue weighted by atomic mass is 10.1. The second kappa shape index (κ2) is 9.58.